The van der Waals surface area contributed by atoms with Gasteiger partial charge in [-0.15, -0.1) is 11.3 Å². The average Bonchev–Trinajstić information content (AvgIpc) is 2.70. The van der Waals surface area contributed by atoms with E-state index in [4.69, 9.17) is 5.11 Å². The van der Waals surface area contributed by atoms with Crippen molar-refractivity contribution in [3.63, 3.8) is 0 Å². The van der Waals surface area contributed by atoms with Crippen molar-refractivity contribution in [3.8, 4) is 0 Å². The van der Waals surface area contributed by atoms with Crippen molar-refractivity contribution in [2.24, 2.45) is 0 Å². The summed E-state index contributed by atoms with van der Waals surface area (Å²) < 4.78 is 0. The highest BCUT2D eigenvalue weighted by molar-refractivity contribution is 7.07. The quantitative estimate of drug-likeness (QED) is 0.682. The summed E-state index contributed by atoms with van der Waals surface area (Å²) in [7, 11) is 0. The molecule has 0 aliphatic heterocycles. The highest BCUT2D eigenvalue weighted by Gasteiger charge is 2.04. The topological polar surface area (TPSA) is 45.1 Å². The molecule has 0 saturated carbocycles. The van der Waals surface area contributed by atoms with Crippen LogP contribution in [0.25, 0.3) is 0 Å². The third kappa shape index (κ3) is 4.17. The predicted octanol–water partition coefficient (Wildman–Crippen LogP) is 1.96. The summed E-state index contributed by atoms with van der Waals surface area (Å²) in [4.78, 5) is 4.25. The van der Waals surface area contributed by atoms with Gasteiger partial charge in [0.15, 0.2) is 0 Å². The molecule has 14 heavy (non-hydrogen) atoms. The van der Waals surface area contributed by atoms with E-state index in [-0.39, 0.29) is 0 Å². The Balaban J connectivity index is 2.07. The van der Waals surface area contributed by atoms with Crippen LogP contribution in [0.5, 0.6) is 0 Å². The Morgan fingerprint density at radius 1 is 1.50 bits per heavy atom. The molecule has 0 aliphatic carbocycles. The maximum atomic E-state index is 8.60. The predicted molar refractivity (Wildman–Crippen MR) is 59.5 cm³/mol. The molecule has 0 spiro atoms. The Morgan fingerprint density at radius 3 is 3.00 bits per heavy atom. The first kappa shape index (κ1) is 11.6. The van der Waals surface area contributed by atoms with Gasteiger partial charge in [0.2, 0.25) is 0 Å². The zero-order chi connectivity index (χ0) is 10.2. The van der Waals surface area contributed by atoms with Gasteiger partial charge in [0.05, 0.1) is 11.2 Å². The van der Waals surface area contributed by atoms with Crippen molar-refractivity contribution >= 4 is 11.3 Å². The minimum atomic E-state index is 0.307. The van der Waals surface area contributed by atoms with E-state index in [0.717, 1.165) is 31.5 Å². The molecule has 0 fully saturated rings. The second kappa shape index (κ2) is 6.92. The van der Waals surface area contributed by atoms with Crippen LogP contribution in [0, 0.1) is 0 Å². The molecular weight excluding hydrogens is 196 g/mol. The van der Waals surface area contributed by atoms with Gasteiger partial charge in [-0.05, 0) is 32.7 Å². The van der Waals surface area contributed by atoms with E-state index in [1.807, 2.05) is 5.51 Å². The average molecular weight is 214 g/mol. The fraction of sp³-hybridized carbons (Fsp3) is 0.700. The summed E-state index contributed by atoms with van der Waals surface area (Å²) in [6, 6.07) is 0.343. The van der Waals surface area contributed by atoms with Crippen molar-refractivity contribution in [1.29, 1.82) is 0 Å². The zero-order valence-electron chi connectivity index (χ0n) is 8.57. The lowest BCUT2D eigenvalue weighted by Crippen LogP contribution is -2.20. The smallest absolute Gasteiger partial charge is 0.0795 e. The highest BCUT2D eigenvalue weighted by Crippen LogP contribution is 2.11. The number of unbranched alkanes of at least 4 members (excludes halogenated alkanes) is 2. The largest absolute Gasteiger partial charge is 0.396 e. The van der Waals surface area contributed by atoms with Gasteiger partial charge in [-0.2, -0.15) is 0 Å². The lowest BCUT2D eigenvalue weighted by molar-refractivity contribution is 0.282. The van der Waals surface area contributed by atoms with Crippen LogP contribution in [-0.4, -0.2) is 23.2 Å². The molecule has 1 heterocycles. The van der Waals surface area contributed by atoms with Gasteiger partial charge in [0.1, 0.15) is 0 Å². The van der Waals surface area contributed by atoms with Crippen LogP contribution >= 0.6 is 11.3 Å². The third-order valence-electron chi connectivity index (χ3n) is 2.18. The van der Waals surface area contributed by atoms with Crippen LogP contribution in [0.15, 0.2) is 10.9 Å². The van der Waals surface area contributed by atoms with E-state index >= 15 is 0 Å². The Labute approximate surface area is 89.2 Å². The number of aliphatic hydroxyl groups is 1. The van der Waals surface area contributed by atoms with Crippen LogP contribution in [0.1, 0.15) is 37.9 Å². The second-order valence-corrected chi connectivity index (χ2v) is 4.09. The van der Waals surface area contributed by atoms with Gasteiger partial charge in [-0.1, -0.05) is 0 Å². The number of aliphatic hydroxyl groups excluding tert-OH is 1. The second-order valence-electron chi connectivity index (χ2n) is 3.37. The van der Waals surface area contributed by atoms with Crippen molar-refractivity contribution in [2.75, 3.05) is 13.2 Å². The fourth-order valence-corrected chi connectivity index (χ4v) is 1.92. The summed E-state index contributed by atoms with van der Waals surface area (Å²) >= 11 is 1.63. The first-order valence-electron chi connectivity index (χ1n) is 5.07. The standard InChI is InChI=1S/C10H18N2OS/c1-9(10-7-14-8-12-10)11-5-3-2-4-6-13/h7-9,11,13H,2-6H2,1H3. The van der Waals surface area contributed by atoms with Crippen molar-refractivity contribution in [3.05, 3.63) is 16.6 Å². The molecule has 1 aromatic heterocycles. The summed E-state index contributed by atoms with van der Waals surface area (Å²) in [6.07, 6.45) is 3.12. The van der Waals surface area contributed by atoms with Gasteiger partial charge < -0.3 is 10.4 Å². The van der Waals surface area contributed by atoms with Crippen molar-refractivity contribution < 1.29 is 5.11 Å². The molecule has 1 rings (SSSR count). The van der Waals surface area contributed by atoms with E-state index in [2.05, 4.69) is 22.6 Å². The van der Waals surface area contributed by atoms with Crippen LogP contribution in [-0.2, 0) is 0 Å². The maximum absolute atomic E-state index is 8.60. The molecule has 0 amide bonds. The van der Waals surface area contributed by atoms with Gasteiger partial charge in [-0.3, -0.25) is 0 Å². The molecule has 1 unspecified atom stereocenters. The first-order chi connectivity index (χ1) is 6.84. The number of hydrogen-bond acceptors (Lipinski definition) is 4. The lowest BCUT2D eigenvalue weighted by Gasteiger charge is -2.10. The normalized spacial score (nSPS) is 13.0. The monoisotopic (exact) mass is 214 g/mol. The first-order valence-corrected chi connectivity index (χ1v) is 6.01. The van der Waals surface area contributed by atoms with Crippen LogP contribution in [0.4, 0.5) is 0 Å². The lowest BCUT2D eigenvalue weighted by atomic mass is 10.2. The molecular formula is C10H18N2OS. The summed E-state index contributed by atoms with van der Waals surface area (Å²) in [5.41, 5.74) is 2.98. The zero-order valence-corrected chi connectivity index (χ0v) is 9.39. The van der Waals surface area contributed by atoms with E-state index in [1.165, 1.54) is 0 Å². The van der Waals surface area contributed by atoms with Crippen LogP contribution < -0.4 is 5.32 Å². The van der Waals surface area contributed by atoms with E-state index in [1.54, 1.807) is 11.3 Å². The van der Waals surface area contributed by atoms with Crippen LogP contribution in [0.2, 0.25) is 0 Å². The molecule has 0 saturated heterocycles. The number of rotatable bonds is 7. The molecule has 0 bridgehead atoms. The Kier molecular flexibility index (Phi) is 5.75. The number of aromatic nitrogens is 1. The number of nitrogens with one attached hydrogen (secondary N) is 1. The molecule has 80 valence electrons. The fourth-order valence-electron chi connectivity index (χ4n) is 1.27. The third-order valence-corrected chi connectivity index (χ3v) is 2.79. The number of nitrogens with zero attached hydrogens (tertiary/aromatic N) is 1. The Bertz CT molecular complexity index is 226. The summed E-state index contributed by atoms with van der Waals surface area (Å²) in [5.74, 6) is 0. The minimum absolute atomic E-state index is 0.307. The summed E-state index contributed by atoms with van der Waals surface area (Å²) in [6.45, 7) is 3.43. The Hall–Kier alpha value is -0.450. The molecule has 0 aromatic carbocycles. The van der Waals surface area contributed by atoms with Gasteiger partial charge in [0.25, 0.3) is 0 Å². The minimum Gasteiger partial charge on any atom is -0.396 e. The molecule has 3 nitrogen and oxygen atoms in total. The van der Waals surface area contributed by atoms with Gasteiger partial charge in [-0.25, -0.2) is 4.98 Å². The van der Waals surface area contributed by atoms with Gasteiger partial charge in [0, 0.05) is 18.0 Å². The molecule has 0 aliphatic rings. The molecule has 4 heteroatoms. The van der Waals surface area contributed by atoms with Gasteiger partial charge >= 0.3 is 0 Å². The van der Waals surface area contributed by atoms with E-state index < -0.39 is 0 Å². The van der Waals surface area contributed by atoms with Crippen LogP contribution in [0.3, 0.4) is 0 Å². The van der Waals surface area contributed by atoms with Crippen molar-refractivity contribution in [1.82, 2.24) is 10.3 Å². The molecule has 1 aromatic rings. The van der Waals surface area contributed by atoms with E-state index in [9.17, 15) is 0 Å². The Morgan fingerprint density at radius 2 is 2.36 bits per heavy atom. The molecule has 1 atom stereocenters. The SMILES string of the molecule is CC(NCCCCCO)c1cscn1. The number of hydrogen-bond donors (Lipinski definition) is 2. The maximum Gasteiger partial charge on any atom is 0.0795 e. The molecule has 2 N–H and O–H groups in total. The summed E-state index contributed by atoms with van der Waals surface area (Å²) in [5, 5.41) is 14.1. The highest BCUT2D eigenvalue weighted by atomic mass is 32.1. The van der Waals surface area contributed by atoms with E-state index in [0.29, 0.717) is 12.6 Å². The van der Waals surface area contributed by atoms with Crippen molar-refractivity contribution in [2.45, 2.75) is 32.2 Å². The number of thiazole rings is 1. The molecule has 0 radical (unpaired) electrons.